The maximum absolute atomic E-state index is 12.0. The van der Waals surface area contributed by atoms with Crippen molar-refractivity contribution in [2.75, 3.05) is 19.7 Å². The standard InChI is InChI=1S/C11H21NO2S/c1-8(2)9(15)10(13)12-5-6-14-11(3,4)7-12/h8-9,15H,5-7H2,1-4H3. The van der Waals surface area contributed by atoms with E-state index in [0.29, 0.717) is 19.7 Å². The number of amides is 1. The third-order valence-electron chi connectivity index (χ3n) is 2.62. The molecule has 0 saturated carbocycles. The molecule has 0 aromatic heterocycles. The van der Waals surface area contributed by atoms with E-state index in [-0.39, 0.29) is 22.7 Å². The minimum Gasteiger partial charge on any atom is -0.372 e. The van der Waals surface area contributed by atoms with Crippen LogP contribution in [0.1, 0.15) is 27.7 Å². The Bertz CT molecular complexity index is 241. The van der Waals surface area contributed by atoms with Gasteiger partial charge >= 0.3 is 0 Å². The first-order chi connectivity index (χ1) is 6.83. The molecule has 0 bridgehead atoms. The van der Waals surface area contributed by atoms with E-state index >= 15 is 0 Å². The van der Waals surface area contributed by atoms with Crippen molar-refractivity contribution in [1.29, 1.82) is 0 Å². The molecular formula is C11H21NO2S. The molecule has 1 aliphatic rings. The van der Waals surface area contributed by atoms with E-state index in [9.17, 15) is 4.79 Å². The molecular weight excluding hydrogens is 210 g/mol. The molecule has 3 nitrogen and oxygen atoms in total. The summed E-state index contributed by atoms with van der Waals surface area (Å²) in [6.07, 6.45) is 0. The number of nitrogens with zero attached hydrogens (tertiary/aromatic N) is 1. The number of hydrogen-bond acceptors (Lipinski definition) is 3. The van der Waals surface area contributed by atoms with Gasteiger partial charge in [-0.1, -0.05) is 13.8 Å². The Morgan fingerprint density at radius 1 is 1.47 bits per heavy atom. The zero-order valence-electron chi connectivity index (χ0n) is 9.99. The van der Waals surface area contributed by atoms with Gasteiger partial charge in [-0.05, 0) is 19.8 Å². The molecule has 1 fully saturated rings. The van der Waals surface area contributed by atoms with Crippen molar-refractivity contribution in [2.45, 2.75) is 38.5 Å². The van der Waals surface area contributed by atoms with Gasteiger partial charge < -0.3 is 9.64 Å². The first-order valence-corrected chi connectivity index (χ1v) is 5.96. The van der Waals surface area contributed by atoms with Crippen LogP contribution >= 0.6 is 12.6 Å². The van der Waals surface area contributed by atoms with E-state index < -0.39 is 0 Å². The van der Waals surface area contributed by atoms with Crippen molar-refractivity contribution in [3.05, 3.63) is 0 Å². The van der Waals surface area contributed by atoms with Crippen LogP contribution in [0.5, 0.6) is 0 Å². The van der Waals surface area contributed by atoms with E-state index in [1.165, 1.54) is 0 Å². The third kappa shape index (κ3) is 3.38. The van der Waals surface area contributed by atoms with Crippen molar-refractivity contribution < 1.29 is 9.53 Å². The summed E-state index contributed by atoms with van der Waals surface area (Å²) in [5.41, 5.74) is -0.224. The lowest BCUT2D eigenvalue weighted by atomic mass is 10.0. The van der Waals surface area contributed by atoms with Crippen LogP contribution in [0.3, 0.4) is 0 Å². The fourth-order valence-corrected chi connectivity index (χ4v) is 1.84. The summed E-state index contributed by atoms with van der Waals surface area (Å²) < 4.78 is 5.57. The molecule has 1 atom stereocenters. The molecule has 4 heteroatoms. The van der Waals surface area contributed by atoms with Crippen LogP contribution in [-0.2, 0) is 9.53 Å². The lowest BCUT2D eigenvalue weighted by Gasteiger charge is -2.39. The number of hydrogen-bond donors (Lipinski definition) is 1. The highest BCUT2D eigenvalue weighted by Gasteiger charge is 2.32. The third-order valence-corrected chi connectivity index (χ3v) is 3.44. The van der Waals surface area contributed by atoms with Gasteiger partial charge in [0.05, 0.1) is 17.5 Å². The second kappa shape index (κ2) is 4.74. The van der Waals surface area contributed by atoms with E-state index in [0.717, 1.165) is 0 Å². The Morgan fingerprint density at radius 2 is 2.07 bits per heavy atom. The molecule has 1 saturated heterocycles. The van der Waals surface area contributed by atoms with Gasteiger partial charge in [-0.3, -0.25) is 4.79 Å². The van der Waals surface area contributed by atoms with Gasteiger partial charge in [0.25, 0.3) is 0 Å². The second-order valence-electron chi connectivity index (χ2n) is 5.06. The molecule has 0 radical (unpaired) electrons. The average Bonchev–Trinajstić information content (AvgIpc) is 2.13. The maximum Gasteiger partial charge on any atom is 0.235 e. The average molecular weight is 231 g/mol. The van der Waals surface area contributed by atoms with Gasteiger partial charge in [0.15, 0.2) is 0 Å². The Labute approximate surface area is 97.6 Å². The highest BCUT2D eigenvalue weighted by Crippen LogP contribution is 2.20. The van der Waals surface area contributed by atoms with Gasteiger partial charge in [0.1, 0.15) is 0 Å². The first kappa shape index (κ1) is 12.8. The molecule has 88 valence electrons. The van der Waals surface area contributed by atoms with Gasteiger partial charge in [-0.25, -0.2) is 0 Å². The van der Waals surface area contributed by atoms with Crippen molar-refractivity contribution in [1.82, 2.24) is 4.90 Å². The first-order valence-electron chi connectivity index (χ1n) is 5.44. The van der Waals surface area contributed by atoms with Crippen molar-refractivity contribution in [3.63, 3.8) is 0 Å². The molecule has 1 heterocycles. The molecule has 1 rings (SSSR count). The molecule has 0 spiro atoms. The maximum atomic E-state index is 12.0. The van der Waals surface area contributed by atoms with Crippen LogP contribution in [0.15, 0.2) is 0 Å². The van der Waals surface area contributed by atoms with E-state index in [4.69, 9.17) is 4.74 Å². The Morgan fingerprint density at radius 3 is 2.53 bits per heavy atom. The fourth-order valence-electron chi connectivity index (χ4n) is 1.68. The van der Waals surface area contributed by atoms with Crippen molar-refractivity contribution in [2.24, 2.45) is 5.92 Å². The summed E-state index contributed by atoms with van der Waals surface area (Å²) in [4.78, 5) is 13.9. The van der Waals surface area contributed by atoms with Crippen LogP contribution in [0.2, 0.25) is 0 Å². The molecule has 0 aliphatic carbocycles. The number of ether oxygens (including phenoxy) is 1. The fraction of sp³-hybridized carbons (Fsp3) is 0.909. The highest BCUT2D eigenvalue weighted by atomic mass is 32.1. The summed E-state index contributed by atoms with van der Waals surface area (Å²) in [6, 6.07) is 0. The van der Waals surface area contributed by atoms with Gasteiger partial charge in [0, 0.05) is 13.1 Å². The number of thiol groups is 1. The normalized spacial score (nSPS) is 22.9. The zero-order valence-corrected chi connectivity index (χ0v) is 10.9. The molecule has 0 N–H and O–H groups in total. The summed E-state index contributed by atoms with van der Waals surface area (Å²) in [7, 11) is 0. The smallest absolute Gasteiger partial charge is 0.235 e. The van der Waals surface area contributed by atoms with E-state index in [1.807, 2.05) is 32.6 Å². The van der Waals surface area contributed by atoms with Gasteiger partial charge in [-0.2, -0.15) is 12.6 Å². The lowest BCUT2D eigenvalue weighted by molar-refractivity contribution is -0.146. The summed E-state index contributed by atoms with van der Waals surface area (Å²) in [6.45, 7) is 10.0. The monoisotopic (exact) mass is 231 g/mol. The Hall–Kier alpha value is -0.220. The minimum absolute atomic E-state index is 0.129. The summed E-state index contributed by atoms with van der Waals surface area (Å²) in [5, 5.41) is -0.195. The van der Waals surface area contributed by atoms with Crippen molar-refractivity contribution in [3.8, 4) is 0 Å². The number of rotatable bonds is 2. The van der Waals surface area contributed by atoms with Gasteiger partial charge in [0.2, 0.25) is 5.91 Å². The molecule has 1 aliphatic heterocycles. The van der Waals surface area contributed by atoms with Crippen LogP contribution in [0, 0.1) is 5.92 Å². The lowest BCUT2D eigenvalue weighted by Crippen LogP contribution is -2.53. The number of carbonyl (C=O) groups excluding carboxylic acids is 1. The second-order valence-corrected chi connectivity index (χ2v) is 5.61. The SMILES string of the molecule is CC(C)C(S)C(=O)N1CCOC(C)(C)C1. The van der Waals surface area contributed by atoms with Gasteiger partial charge in [-0.15, -0.1) is 0 Å². The van der Waals surface area contributed by atoms with Crippen molar-refractivity contribution >= 4 is 18.5 Å². The highest BCUT2D eigenvalue weighted by molar-refractivity contribution is 7.81. The largest absolute Gasteiger partial charge is 0.372 e. The topological polar surface area (TPSA) is 29.5 Å². The quantitative estimate of drug-likeness (QED) is 0.731. The molecule has 0 aromatic rings. The molecule has 0 aromatic carbocycles. The zero-order chi connectivity index (χ0) is 11.6. The van der Waals surface area contributed by atoms with E-state index in [1.54, 1.807) is 0 Å². The molecule has 15 heavy (non-hydrogen) atoms. The van der Waals surface area contributed by atoms with Crippen LogP contribution in [0.25, 0.3) is 0 Å². The molecule has 1 amide bonds. The van der Waals surface area contributed by atoms with Crippen LogP contribution < -0.4 is 0 Å². The predicted octanol–water partition coefficient (Wildman–Crippen LogP) is 1.58. The summed E-state index contributed by atoms with van der Waals surface area (Å²) in [5.74, 6) is 0.400. The Kier molecular flexibility index (Phi) is 4.06. The van der Waals surface area contributed by atoms with Crippen LogP contribution in [-0.4, -0.2) is 41.4 Å². The Balaban J connectivity index is 2.60. The van der Waals surface area contributed by atoms with E-state index in [2.05, 4.69) is 12.6 Å². The summed E-state index contributed by atoms with van der Waals surface area (Å²) >= 11 is 4.35. The number of carbonyl (C=O) groups is 1. The molecule has 1 unspecified atom stereocenters. The number of morpholine rings is 1. The minimum atomic E-state index is -0.224. The predicted molar refractivity (Wildman–Crippen MR) is 64.2 cm³/mol. The van der Waals surface area contributed by atoms with Crippen LogP contribution in [0.4, 0.5) is 0 Å².